The van der Waals surface area contributed by atoms with Crippen molar-refractivity contribution in [3.63, 3.8) is 0 Å². The molecule has 0 aliphatic heterocycles. The van der Waals surface area contributed by atoms with E-state index < -0.39 is 0 Å². The summed E-state index contributed by atoms with van der Waals surface area (Å²) < 4.78 is 5.56. The van der Waals surface area contributed by atoms with Crippen LogP contribution < -0.4 is 15.8 Å². The van der Waals surface area contributed by atoms with Crippen LogP contribution in [0.3, 0.4) is 0 Å². The first-order chi connectivity index (χ1) is 8.72. The third kappa shape index (κ3) is 8.69. The van der Waals surface area contributed by atoms with E-state index in [0.717, 1.165) is 25.1 Å². The Balaban J connectivity index is 0.00000324. The Kier molecular flexibility index (Phi) is 10.3. The molecule has 0 unspecified atom stereocenters. The molecule has 0 saturated heterocycles. The SMILES string of the molecule is CCCCN=C(N)NCCOc1ccc(C)cc1.I. The quantitative estimate of drug-likeness (QED) is 0.333. The van der Waals surface area contributed by atoms with E-state index in [0.29, 0.717) is 19.1 Å². The predicted molar refractivity (Wildman–Crippen MR) is 91.5 cm³/mol. The van der Waals surface area contributed by atoms with Crippen molar-refractivity contribution in [3.05, 3.63) is 29.8 Å². The molecule has 0 heterocycles. The third-order valence-electron chi connectivity index (χ3n) is 2.49. The van der Waals surface area contributed by atoms with Gasteiger partial charge in [-0.3, -0.25) is 4.99 Å². The number of hydrogen-bond acceptors (Lipinski definition) is 2. The normalized spacial score (nSPS) is 10.7. The minimum atomic E-state index is 0. The monoisotopic (exact) mass is 377 g/mol. The number of aliphatic imine (C=N–C) groups is 1. The Morgan fingerprint density at radius 1 is 1.32 bits per heavy atom. The van der Waals surface area contributed by atoms with Crippen LogP contribution in [0.1, 0.15) is 25.3 Å². The molecule has 19 heavy (non-hydrogen) atoms. The molecule has 0 saturated carbocycles. The summed E-state index contributed by atoms with van der Waals surface area (Å²) in [6.45, 7) is 6.21. The maximum Gasteiger partial charge on any atom is 0.188 e. The maximum absolute atomic E-state index is 5.70. The maximum atomic E-state index is 5.70. The van der Waals surface area contributed by atoms with Crippen LogP contribution in [0.5, 0.6) is 5.75 Å². The van der Waals surface area contributed by atoms with Gasteiger partial charge in [0.1, 0.15) is 12.4 Å². The summed E-state index contributed by atoms with van der Waals surface area (Å²) in [5.74, 6) is 1.37. The van der Waals surface area contributed by atoms with Crippen LogP contribution in [0.2, 0.25) is 0 Å². The highest BCUT2D eigenvalue weighted by molar-refractivity contribution is 14.0. The first-order valence-corrected chi connectivity index (χ1v) is 6.45. The molecule has 1 aromatic carbocycles. The van der Waals surface area contributed by atoms with Gasteiger partial charge in [-0.1, -0.05) is 31.0 Å². The van der Waals surface area contributed by atoms with Gasteiger partial charge >= 0.3 is 0 Å². The van der Waals surface area contributed by atoms with Crippen molar-refractivity contribution in [2.75, 3.05) is 19.7 Å². The third-order valence-corrected chi connectivity index (χ3v) is 2.49. The molecule has 0 aliphatic rings. The Hall–Kier alpha value is -0.980. The molecule has 1 aromatic rings. The van der Waals surface area contributed by atoms with Crippen molar-refractivity contribution in [1.82, 2.24) is 5.32 Å². The number of hydrogen-bond donors (Lipinski definition) is 2. The average Bonchev–Trinajstić information content (AvgIpc) is 2.37. The zero-order valence-corrected chi connectivity index (χ0v) is 14.0. The molecule has 4 nitrogen and oxygen atoms in total. The fourth-order valence-corrected chi connectivity index (χ4v) is 1.40. The number of benzene rings is 1. The molecular formula is C14H24IN3O. The summed E-state index contributed by atoms with van der Waals surface area (Å²) in [6, 6.07) is 7.99. The Morgan fingerprint density at radius 2 is 2.00 bits per heavy atom. The molecule has 5 heteroatoms. The molecular weight excluding hydrogens is 353 g/mol. The molecule has 0 amide bonds. The number of guanidine groups is 1. The summed E-state index contributed by atoms with van der Waals surface area (Å²) in [7, 11) is 0. The van der Waals surface area contributed by atoms with E-state index in [1.54, 1.807) is 0 Å². The lowest BCUT2D eigenvalue weighted by Crippen LogP contribution is -2.34. The van der Waals surface area contributed by atoms with Gasteiger partial charge in [-0.2, -0.15) is 0 Å². The summed E-state index contributed by atoms with van der Waals surface area (Å²) in [5, 5.41) is 3.03. The largest absolute Gasteiger partial charge is 0.492 e. The first kappa shape index (κ1) is 18.0. The van der Waals surface area contributed by atoms with E-state index in [1.165, 1.54) is 5.56 Å². The number of nitrogens with zero attached hydrogens (tertiary/aromatic N) is 1. The van der Waals surface area contributed by atoms with Crippen molar-refractivity contribution in [3.8, 4) is 5.75 Å². The van der Waals surface area contributed by atoms with E-state index in [4.69, 9.17) is 10.5 Å². The Labute approximate surface area is 132 Å². The van der Waals surface area contributed by atoms with Gasteiger partial charge in [0.05, 0.1) is 6.54 Å². The smallest absolute Gasteiger partial charge is 0.188 e. The van der Waals surface area contributed by atoms with E-state index in [9.17, 15) is 0 Å². The number of ether oxygens (including phenoxy) is 1. The first-order valence-electron chi connectivity index (χ1n) is 6.45. The summed E-state index contributed by atoms with van der Waals surface area (Å²) in [6.07, 6.45) is 2.20. The molecule has 0 fully saturated rings. The fourth-order valence-electron chi connectivity index (χ4n) is 1.40. The van der Waals surface area contributed by atoms with Crippen molar-refractivity contribution >= 4 is 29.9 Å². The molecule has 0 aromatic heterocycles. The van der Waals surface area contributed by atoms with Gasteiger partial charge in [0, 0.05) is 6.54 Å². The summed E-state index contributed by atoms with van der Waals surface area (Å²) >= 11 is 0. The molecule has 0 atom stereocenters. The summed E-state index contributed by atoms with van der Waals surface area (Å²) in [4.78, 5) is 4.20. The molecule has 1 rings (SSSR count). The fraction of sp³-hybridized carbons (Fsp3) is 0.500. The molecule has 0 spiro atoms. The lowest BCUT2D eigenvalue weighted by molar-refractivity contribution is 0.322. The van der Waals surface area contributed by atoms with E-state index in [1.807, 2.05) is 24.3 Å². The van der Waals surface area contributed by atoms with Gasteiger partial charge in [-0.05, 0) is 25.5 Å². The lowest BCUT2D eigenvalue weighted by atomic mass is 10.2. The second kappa shape index (κ2) is 10.9. The van der Waals surface area contributed by atoms with Crippen LogP contribution in [-0.4, -0.2) is 25.7 Å². The second-order valence-corrected chi connectivity index (χ2v) is 4.21. The van der Waals surface area contributed by atoms with Gasteiger partial charge in [-0.25, -0.2) is 0 Å². The molecule has 3 N–H and O–H groups in total. The van der Waals surface area contributed by atoms with E-state index in [2.05, 4.69) is 24.2 Å². The van der Waals surface area contributed by atoms with Gasteiger partial charge in [0.15, 0.2) is 5.96 Å². The predicted octanol–water partition coefficient (Wildman–Crippen LogP) is 2.70. The average molecular weight is 377 g/mol. The van der Waals surface area contributed by atoms with Crippen LogP contribution in [0.4, 0.5) is 0 Å². The van der Waals surface area contributed by atoms with Crippen molar-refractivity contribution in [1.29, 1.82) is 0 Å². The minimum Gasteiger partial charge on any atom is -0.492 e. The second-order valence-electron chi connectivity index (χ2n) is 4.21. The van der Waals surface area contributed by atoms with Gasteiger partial charge in [0.25, 0.3) is 0 Å². The van der Waals surface area contributed by atoms with Crippen LogP contribution in [-0.2, 0) is 0 Å². The van der Waals surface area contributed by atoms with Crippen molar-refractivity contribution < 1.29 is 4.74 Å². The topological polar surface area (TPSA) is 59.6 Å². The number of aryl methyl sites for hydroxylation is 1. The Bertz CT molecular complexity index is 365. The Morgan fingerprint density at radius 3 is 2.63 bits per heavy atom. The highest BCUT2D eigenvalue weighted by atomic mass is 127. The van der Waals surface area contributed by atoms with E-state index in [-0.39, 0.29) is 24.0 Å². The van der Waals surface area contributed by atoms with Crippen molar-refractivity contribution in [2.45, 2.75) is 26.7 Å². The van der Waals surface area contributed by atoms with Gasteiger partial charge in [0.2, 0.25) is 0 Å². The number of nitrogens with two attached hydrogens (primary N) is 1. The zero-order valence-electron chi connectivity index (χ0n) is 11.7. The minimum absolute atomic E-state index is 0. The van der Waals surface area contributed by atoms with Gasteiger partial charge < -0.3 is 15.8 Å². The number of nitrogens with one attached hydrogen (secondary N) is 1. The summed E-state index contributed by atoms with van der Waals surface area (Å²) in [5.41, 5.74) is 6.93. The van der Waals surface area contributed by atoms with Crippen LogP contribution in [0.25, 0.3) is 0 Å². The molecule has 108 valence electrons. The number of rotatable bonds is 7. The number of unbranched alkanes of at least 4 members (excludes halogenated alkanes) is 1. The van der Waals surface area contributed by atoms with Crippen LogP contribution in [0, 0.1) is 6.92 Å². The highest BCUT2D eigenvalue weighted by Gasteiger charge is 1.94. The highest BCUT2D eigenvalue weighted by Crippen LogP contribution is 2.10. The zero-order chi connectivity index (χ0) is 13.2. The molecule has 0 aliphatic carbocycles. The molecule has 0 radical (unpaired) electrons. The van der Waals surface area contributed by atoms with Crippen LogP contribution in [0.15, 0.2) is 29.3 Å². The standard InChI is InChI=1S/C14H23N3O.HI/c1-3-4-9-16-14(15)17-10-11-18-13-7-5-12(2)6-8-13;/h5-8H,3-4,9-11H2,1-2H3,(H3,15,16,17);1H. The van der Waals surface area contributed by atoms with Crippen LogP contribution >= 0.6 is 24.0 Å². The van der Waals surface area contributed by atoms with Crippen molar-refractivity contribution in [2.24, 2.45) is 10.7 Å². The van der Waals surface area contributed by atoms with Gasteiger partial charge in [-0.15, -0.1) is 24.0 Å². The molecule has 0 bridgehead atoms. The number of halogens is 1. The van der Waals surface area contributed by atoms with E-state index >= 15 is 0 Å². The lowest BCUT2D eigenvalue weighted by Gasteiger charge is -2.08.